The molecule has 1 saturated heterocycles. The van der Waals surface area contributed by atoms with Crippen molar-refractivity contribution in [2.45, 2.75) is 12.8 Å². The predicted molar refractivity (Wildman–Crippen MR) is 84.4 cm³/mol. The molecule has 114 valence electrons. The number of nitrogens with zero attached hydrogens (tertiary/aromatic N) is 3. The molecule has 22 heavy (non-hydrogen) atoms. The number of carbonyl (C=O) groups excluding carboxylic acids is 1. The van der Waals surface area contributed by atoms with Gasteiger partial charge in [0.2, 0.25) is 0 Å². The van der Waals surface area contributed by atoms with Gasteiger partial charge in [-0.25, -0.2) is 0 Å². The lowest BCUT2D eigenvalue weighted by molar-refractivity contribution is 0.102. The second-order valence-corrected chi connectivity index (χ2v) is 5.16. The fraction of sp³-hybridized carbons (Fsp3) is 0.312. The van der Waals surface area contributed by atoms with Gasteiger partial charge in [-0.1, -0.05) is 6.07 Å². The summed E-state index contributed by atoms with van der Waals surface area (Å²) in [5.74, 6) is 1.71. The fourth-order valence-corrected chi connectivity index (χ4v) is 2.46. The third kappa shape index (κ3) is 3.16. The molecule has 0 saturated carbocycles. The number of anilines is 2. The molecule has 0 bridgehead atoms. The van der Waals surface area contributed by atoms with Crippen LogP contribution < -0.4 is 15.0 Å². The van der Waals surface area contributed by atoms with E-state index in [4.69, 9.17) is 4.74 Å². The summed E-state index contributed by atoms with van der Waals surface area (Å²) in [5.41, 5.74) is 0.518. The third-order valence-corrected chi connectivity index (χ3v) is 3.65. The normalized spacial score (nSPS) is 14.0. The Balaban J connectivity index is 1.68. The highest BCUT2D eigenvalue weighted by molar-refractivity contribution is 6.03. The van der Waals surface area contributed by atoms with Crippen molar-refractivity contribution in [3.05, 3.63) is 42.0 Å². The molecule has 1 aliphatic heterocycles. The fourth-order valence-electron chi connectivity index (χ4n) is 2.46. The van der Waals surface area contributed by atoms with Gasteiger partial charge in [-0.2, -0.15) is 0 Å². The third-order valence-electron chi connectivity index (χ3n) is 3.65. The summed E-state index contributed by atoms with van der Waals surface area (Å²) < 4.78 is 5.11. The summed E-state index contributed by atoms with van der Waals surface area (Å²) in [5, 5.41) is 11.0. The Hall–Kier alpha value is -2.63. The molecule has 2 heterocycles. The minimum absolute atomic E-state index is 0.234. The van der Waals surface area contributed by atoms with Crippen LogP contribution in [-0.2, 0) is 0 Å². The summed E-state index contributed by atoms with van der Waals surface area (Å²) in [6, 6.07) is 10.6. The molecule has 1 aliphatic rings. The largest absolute Gasteiger partial charge is 0.497 e. The van der Waals surface area contributed by atoms with Crippen molar-refractivity contribution in [2.24, 2.45) is 0 Å². The van der Waals surface area contributed by atoms with Gasteiger partial charge < -0.3 is 15.0 Å². The van der Waals surface area contributed by atoms with E-state index in [0.29, 0.717) is 17.1 Å². The lowest BCUT2D eigenvalue weighted by atomic mass is 10.2. The van der Waals surface area contributed by atoms with Crippen molar-refractivity contribution in [1.82, 2.24) is 10.2 Å². The van der Waals surface area contributed by atoms with Crippen molar-refractivity contribution < 1.29 is 9.53 Å². The number of aromatic nitrogens is 2. The van der Waals surface area contributed by atoms with E-state index < -0.39 is 0 Å². The molecular weight excluding hydrogens is 280 g/mol. The minimum atomic E-state index is -0.234. The second kappa shape index (κ2) is 6.43. The lowest BCUT2D eigenvalue weighted by Gasteiger charge is -2.15. The quantitative estimate of drug-likeness (QED) is 0.938. The topological polar surface area (TPSA) is 67.3 Å². The molecule has 2 aromatic rings. The number of hydrogen-bond acceptors (Lipinski definition) is 5. The number of amides is 1. The molecule has 6 nitrogen and oxygen atoms in total. The number of hydrogen-bond donors (Lipinski definition) is 1. The Morgan fingerprint density at radius 2 is 2.00 bits per heavy atom. The average molecular weight is 298 g/mol. The first-order valence-corrected chi connectivity index (χ1v) is 7.30. The van der Waals surface area contributed by atoms with Crippen LogP contribution in [0.4, 0.5) is 11.6 Å². The van der Waals surface area contributed by atoms with E-state index in [-0.39, 0.29) is 5.91 Å². The maximum Gasteiger partial charge on any atom is 0.256 e. The van der Waals surface area contributed by atoms with Gasteiger partial charge in [0.25, 0.3) is 5.91 Å². The zero-order valence-corrected chi connectivity index (χ0v) is 12.5. The van der Waals surface area contributed by atoms with Crippen LogP contribution in [0.3, 0.4) is 0 Å². The zero-order chi connectivity index (χ0) is 15.4. The van der Waals surface area contributed by atoms with Gasteiger partial charge in [-0.3, -0.25) is 4.79 Å². The molecule has 6 heteroatoms. The summed E-state index contributed by atoms with van der Waals surface area (Å²) >= 11 is 0. The minimum Gasteiger partial charge on any atom is -0.497 e. The molecule has 3 rings (SSSR count). The van der Waals surface area contributed by atoms with E-state index in [1.165, 1.54) is 12.8 Å². The number of rotatable bonds is 4. The number of nitrogens with one attached hydrogen (secondary N) is 1. The molecular formula is C16H18N4O2. The van der Waals surface area contributed by atoms with Gasteiger partial charge >= 0.3 is 0 Å². The first-order chi connectivity index (χ1) is 10.8. The molecule has 1 aromatic carbocycles. The predicted octanol–water partition coefficient (Wildman–Crippen LogP) is 2.34. The number of benzene rings is 1. The maximum atomic E-state index is 12.2. The van der Waals surface area contributed by atoms with E-state index in [2.05, 4.69) is 20.4 Å². The van der Waals surface area contributed by atoms with Crippen molar-refractivity contribution >= 4 is 17.5 Å². The summed E-state index contributed by atoms with van der Waals surface area (Å²) in [6.07, 6.45) is 2.38. The molecule has 0 atom stereocenters. The van der Waals surface area contributed by atoms with Gasteiger partial charge in [0.05, 0.1) is 7.11 Å². The van der Waals surface area contributed by atoms with Gasteiger partial charge in [0.1, 0.15) is 5.75 Å². The van der Waals surface area contributed by atoms with Crippen LogP contribution in [0.5, 0.6) is 5.75 Å². The first-order valence-electron chi connectivity index (χ1n) is 7.30. The van der Waals surface area contributed by atoms with E-state index in [9.17, 15) is 4.79 Å². The van der Waals surface area contributed by atoms with Crippen LogP contribution in [0.15, 0.2) is 36.4 Å². The number of methoxy groups -OCH3 is 1. The SMILES string of the molecule is COc1cccc(C(=O)Nc2ccc(N3CCCC3)nn2)c1. The standard InChI is InChI=1S/C16H18N4O2/c1-22-13-6-4-5-12(11-13)16(21)17-14-7-8-15(19-18-14)20-9-2-3-10-20/h4-8,11H,2-3,9-10H2,1H3,(H,17,18,21). The molecule has 0 radical (unpaired) electrons. The van der Waals surface area contributed by atoms with E-state index in [1.807, 2.05) is 6.07 Å². The molecule has 1 fully saturated rings. The Labute approximate surface area is 129 Å². The molecule has 1 aromatic heterocycles. The van der Waals surface area contributed by atoms with Gasteiger partial charge in [-0.05, 0) is 43.2 Å². The van der Waals surface area contributed by atoms with Crippen molar-refractivity contribution in [1.29, 1.82) is 0 Å². The molecule has 0 aliphatic carbocycles. The maximum absolute atomic E-state index is 12.2. The van der Waals surface area contributed by atoms with Crippen molar-refractivity contribution in [3.63, 3.8) is 0 Å². The van der Waals surface area contributed by atoms with Crippen molar-refractivity contribution in [3.8, 4) is 5.75 Å². The second-order valence-electron chi connectivity index (χ2n) is 5.16. The van der Waals surface area contributed by atoms with Gasteiger partial charge in [-0.15, -0.1) is 10.2 Å². The molecule has 1 N–H and O–H groups in total. The Bertz CT molecular complexity index is 651. The van der Waals surface area contributed by atoms with E-state index in [0.717, 1.165) is 18.9 Å². The summed E-state index contributed by atoms with van der Waals surface area (Å²) in [4.78, 5) is 14.4. The first kappa shape index (κ1) is 14.3. The van der Waals surface area contributed by atoms with Crippen LogP contribution in [0.25, 0.3) is 0 Å². The molecule has 0 unspecified atom stereocenters. The van der Waals surface area contributed by atoms with Crippen LogP contribution in [-0.4, -0.2) is 36.3 Å². The lowest BCUT2D eigenvalue weighted by Crippen LogP contribution is -2.20. The smallest absolute Gasteiger partial charge is 0.256 e. The van der Waals surface area contributed by atoms with Crippen LogP contribution >= 0.6 is 0 Å². The molecule has 1 amide bonds. The monoisotopic (exact) mass is 298 g/mol. The highest BCUT2D eigenvalue weighted by Crippen LogP contribution is 2.18. The number of carbonyl (C=O) groups is 1. The Morgan fingerprint density at radius 3 is 2.68 bits per heavy atom. The van der Waals surface area contributed by atoms with Gasteiger partial charge in [0.15, 0.2) is 11.6 Å². The number of ether oxygens (including phenoxy) is 1. The van der Waals surface area contributed by atoms with Crippen LogP contribution in [0, 0.1) is 0 Å². The summed E-state index contributed by atoms with van der Waals surface area (Å²) in [6.45, 7) is 2.04. The zero-order valence-electron chi connectivity index (χ0n) is 12.5. The highest BCUT2D eigenvalue weighted by atomic mass is 16.5. The Morgan fingerprint density at radius 1 is 1.18 bits per heavy atom. The van der Waals surface area contributed by atoms with E-state index in [1.54, 1.807) is 37.4 Å². The van der Waals surface area contributed by atoms with Gasteiger partial charge in [0, 0.05) is 18.7 Å². The highest BCUT2D eigenvalue weighted by Gasteiger charge is 2.14. The van der Waals surface area contributed by atoms with Crippen LogP contribution in [0.1, 0.15) is 23.2 Å². The van der Waals surface area contributed by atoms with E-state index >= 15 is 0 Å². The van der Waals surface area contributed by atoms with Crippen LogP contribution in [0.2, 0.25) is 0 Å². The summed E-state index contributed by atoms with van der Waals surface area (Å²) in [7, 11) is 1.57. The molecule has 0 spiro atoms. The Kier molecular flexibility index (Phi) is 4.18. The van der Waals surface area contributed by atoms with Crippen molar-refractivity contribution in [2.75, 3.05) is 30.4 Å². The average Bonchev–Trinajstić information content (AvgIpc) is 3.10.